The van der Waals surface area contributed by atoms with Crippen molar-refractivity contribution >= 4 is 17.5 Å². The molecule has 86 valence electrons. The lowest BCUT2D eigenvalue weighted by Gasteiger charge is -2.30. The van der Waals surface area contributed by atoms with Crippen LogP contribution in [0.15, 0.2) is 18.2 Å². The molecule has 0 N–H and O–H groups in total. The van der Waals surface area contributed by atoms with Crippen molar-refractivity contribution in [2.45, 2.75) is 19.8 Å². The van der Waals surface area contributed by atoms with Gasteiger partial charge in [-0.1, -0.05) is 24.6 Å². The first kappa shape index (κ1) is 11.4. The lowest BCUT2D eigenvalue weighted by molar-refractivity contribution is 0.0677. The van der Waals surface area contributed by atoms with Gasteiger partial charge in [0.15, 0.2) is 0 Å². The monoisotopic (exact) mass is 238 g/mol. The minimum absolute atomic E-state index is 0.00551. The van der Waals surface area contributed by atoms with E-state index in [1.54, 1.807) is 18.2 Å². The minimum Gasteiger partial charge on any atom is -0.337 e. The summed E-state index contributed by atoms with van der Waals surface area (Å²) in [7, 11) is 0. The molecule has 2 heterocycles. The fraction of sp³-hybridized carbons (Fsp3) is 0.500. The molecule has 0 saturated carbocycles. The van der Waals surface area contributed by atoms with E-state index in [9.17, 15) is 4.79 Å². The zero-order chi connectivity index (χ0) is 11.5. The van der Waals surface area contributed by atoms with Gasteiger partial charge in [-0.3, -0.25) is 4.79 Å². The van der Waals surface area contributed by atoms with Crippen LogP contribution in [0.4, 0.5) is 0 Å². The van der Waals surface area contributed by atoms with E-state index < -0.39 is 0 Å². The predicted octanol–water partition coefficient (Wildman–Crippen LogP) is 2.61. The Hall–Kier alpha value is -1.09. The highest BCUT2D eigenvalue weighted by Crippen LogP contribution is 2.17. The van der Waals surface area contributed by atoms with Crippen LogP contribution in [0.5, 0.6) is 0 Å². The second-order valence-electron chi connectivity index (χ2n) is 4.34. The maximum absolute atomic E-state index is 12.1. The third kappa shape index (κ3) is 2.53. The molecule has 1 aliphatic rings. The van der Waals surface area contributed by atoms with Gasteiger partial charge in [0.1, 0.15) is 10.8 Å². The smallest absolute Gasteiger partial charge is 0.272 e. The van der Waals surface area contributed by atoms with E-state index in [4.69, 9.17) is 11.6 Å². The highest BCUT2D eigenvalue weighted by molar-refractivity contribution is 6.29. The summed E-state index contributed by atoms with van der Waals surface area (Å²) in [5, 5.41) is 0.371. The van der Waals surface area contributed by atoms with Gasteiger partial charge in [0.25, 0.3) is 5.91 Å². The molecule has 1 saturated heterocycles. The van der Waals surface area contributed by atoms with Gasteiger partial charge in [0.05, 0.1) is 0 Å². The Kier molecular flexibility index (Phi) is 3.44. The molecule has 1 atom stereocenters. The zero-order valence-corrected chi connectivity index (χ0v) is 10.1. The number of nitrogens with zero attached hydrogens (tertiary/aromatic N) is 2. The van der Waals surface area contributed by atoms with E-state index in [-0.39, 0.29) is 5.91 Å². The first-order valence-electron chi connectivity index (χ1n) is 5.58. The van der Waals surface area contributed by atoms with Crippen molar-refractivity contribution < 1.29 is 4.79 Å². The molecule has 0 aliphatic carbocycles. The van der Waals surface area contributed by atoms with Gasteiger partial charge in [-0.05, 0) is 30.9 Å². The van der Waals surface area contributed by atoms with Gasteiger partial charge < -0.3 is 4.90 Å². The van der Waals surface area contributed by atoms with Gasteiger partial charge in [0.2, 0.25) is 0 Å². The number of aromatic nitrogens is 1. The van der Waals surface area contributed by atoms with Crippen molar-refractivity contribution in [1.82, 2.24) is 9.88 Å². The number of hydrogen-bond acceptors (Lipinski definition) is 2. The third-order valence-corrected chi connectivity index (χ3v) is 3.09. The van der Waals surface area contributed by atoms with E-state index in [0.717, 1.165) is 19.5 Å². The average Bonchev–Trinajstić information content (AvgIpc) is 2.28. The number of hydrogen-bond donors (Lipinski definition) is 0. The van der Waals surface area contributed by atoms with Gasteiger partial charge in [-0.25, -0.2) is 4.98 Å². The van der Waals surface area contributed by atoms with E-state index in [1.807, 2.05) is 4.90 Å². The molecule has 1 unspecified atom stereocenters. The fourth-order valence-electron chi connectivity index (χ4n) is 2.06. The Morgan fingerprint density at radius 1 is 1.56 bits per heavy atom. The molecule has 3 nitrogen and oxygen atoms in total. The van der Waals surface area contributed by atoms with Gasteiger partial charge in [-0.2, -0.15) is 0 Å². The first-order valence-corrected chi connectivity index (χ1v) is 5.96. The Balaban J connectivity index is 2.12. The summed E-state index contributed by atoms with van der Waals surface area (Å²) in [5.74, 6) is 0.575. The molecule has 1 aromatic rings. The summed E-state index contributed by atoms with van der Waals surface area (Å²) in [5.41, 5.74) is 0.446. The van der Waals surface area contributed by atoms with Gasteiger partial charge >= 0.3 is 0 Å². The SMILES string of the molecule is CC1CCCN(C(=O)c2cccc(Cl)n2)C1. The van der Waals surface area contributed by atoms with Crippen LogP contribution >= 0.6 is 11.6 Å². The predicted molar refractivity (Wildman–Crippen MR) is 63.5 cm³/mol. The van der Waals surface area contributed by atoms with E-state index >= 15 is 0 Å². The Labute approximate surface area is 100 Å². The number of carbonyl (C=O) groups is 1. The van der Waals surface area contributed by atoms with Crippen LogP contribution in [0.3, 0.4) is 0 Å². The number of piperidine rings is 1. The number of carbonyl (C=O) groups excluding carboxylic acids is 1. The van der Waals surface area contributed by atoms with E-state index in [1.165, 1.54) is 6.42 Å². The summed E-state index contributed by atoms with van der Waals surface area (Å²) in [6.07, 6.45) is 2.28. The molecule has 0 bridgehead atoms. The van der Waals surface area contributed by atoms with Crippen molar-refractivity contribution in [3.05, 3.63) is 29.0 Å². The highest BCUT2D eigenvalue weighted by Gasteiger charge is 2.22. The molecule has 1 fully saturated rings. The maximum atomic E-state index is 12.1. The van der Waals surface area contributed by atoms with Crippen LogP contribution in [-0.4, -0.2) is 28.9 Å². The standard InChI is InChI=1S/C12H15ClN2O/c1-9-4-3-7-15(8-9)12(16)10-5-2-6-11(13)14-10/h2,5-6,9H,3-4,7-8H2,1H3. The second-order valence-corrected chi connectivity index (χ2v) is 4.73. The van der Waals surface area contributed by atoms with E-state index in [2.05, 4.69) is 11.9 Å². The minimum atomic E-state index is -0.00551. The lowest BCUT2D eigenvalue weighted by Crippen LogP contribution is -2.39. The summed E-state index contributed by atoms with van der Waals surface area (Å²) in [6.45, 7) is 3.83. The quantitative estimate of drug-likeness (QED) is 0.705. The molecule has 1 aliphatic heterocycles. The summed E-state index contributed by atoms with van der Waals surface area (Å²) < 4.78 is 0. The van der Waals surface area contributed by atoms with Crippen molar-refractivity contribution in [1.29, 1.82) is 0 Å². The van der Waals surface area contributed by atoms with Crippen molar-refractivity contribution in [3.63, 3.8) is 0 Å². The fourth-order valence-corrected chi connectivity index (χ4v) is 2.23. The highest BCUT2D eigenvalue weighted by atomic mass is 35.5. The molecule has 0 radical (unpaired) electrons. The van der Waals surface area contributed by atoms with Crippen molar-refractivity contribution in [3.8, 4) is 0 Å². The molecule has 0 aromatic carbocycles. The van der Waals surface area contributed by atoms with Crippen LogP contribution in [0, 0.1) is 5.92 Å². The maximum Gasteiger partial charge on any atom is 0.272 e. The van der Waals surface area contributed by atoms with Crippen molar-refractivity contribution in [2.24, 2.45) is 5.92 Å². The zero-order valence-electron chi connectivity index (χ0n) is 9.32. The van der Waals surface area contributed by atoms with Crippen LogP contribution in [0.2, 0.25) is 5.15 Å². The average molecular weight is 239 g/mol. The first-order chi connectivity index (χ1) is 7.66. The van der Waals surface area contributed by atoms with Crippen molar-refractivity contribution in [2.75, 3.05) is 13.1 Å². The molecular formula is C12H15ClN2O. The summed E-state index contributed by atoms with van der Waals surface area (Å²) in [6, 6.07) is 5.15. The molecule has 0 spiro atoms. The van der Waals surface area contributed by atoms with E-state index in [0.29, 0.717) is 16.8 Å². The number of amides is 1. The summed E-state index contributed by atoms with van der Waals surface area (Å²) >= 11 is 5.77. The number of rotatable bonds is 1. The lowest BCUT2D eigenvalue weighted by atomic mass is 10.00. The molecule has 1 amide bonds. The Morgan fingerprint density at radius 3 is 3.06 bits per heavy atom. The normalized spacial score (nSPS) is 20.9. The molecular weight excluding hydrogens is 224 g/mol. The van der Waals surface area contributed by atoms with Crippen LogP contribution in [0.25, 0.3) is 0 Å². The number of likely N-dealkylation sites (tertiary alicyclic amines) is 1. The van der Waals surface area contributed by atoms with Gasteiger partial charge in [-0.15, -0.1) is 0 Å². The molecule has 1 aromatic heterocycles. The Morgan fingerprint density at radius 2 is 2.38 bits per heavy atom. The Bertz CT molecular complexity index is 394. The van der Waals surface area contributed by atoms with Crippen LogP contribution < -0.4 is 0 Å². The molecule has 16 heavy (non-hydrogen) atoms. The number of pyridine rings is 1. The third-order valence-electron chi connectivity index (χ3n) is 2.88. The van der Waals surface area contributed by atoms with Crippen LogP contribution in [0.1, 0.15) is 30.3 Å². The topological polar surface area (TPSA) is 33.2 Å². The second kappa shape index (κ2) is 4.83. The largest absolute Gasteiger partial charge is 0.337 e. The number of halogens is 1. The summed E-state index contributed by atoms with van der Waals surface area (Å²) in [4.78, 5) is 18.0. The molecule has 2 rings (SSSR count). The molecule has 4 heteroatoms. The van der Waals surface area contributed by atoms with Crippen LogP contribution in [-0.2, 0) is 0 Å². The van der Waals surface area contributed by atoms with Gasteiger partial charge in [0, 0.05) is 13.1 Å².